The molecule has 1 heterocycles. The van der Waals surface area contributed by atoms with Crippen LogP contribution in [0.1, 0.15) is 58.3 Å². The topological polar surface area (TPSA) is 12.4 Å². The Morgan fingerprint density at radius 1 is 1.29 bits per heavy atom. The van der Waals surface area contributed by atoms with Crippen LogP contribution < -0.4 is 0 Å². The van der Waals surface area contributed by atoms with Crippen LogP contribution in [0.15, 0.2) is 16.8 Å². The SMILES string of the molecule is CCC1=NC=C(CC2CCCCC2)C1. The van der Waals surface area contributed by atoms with Crippen molar-refractivity contribution >= 4 is 5.71 Å². The molecule has 1 nitrogen and oxygen atoms in total. The summed E-state index contributed by atoms with van der Waals surface area (Å²) in [7, 11) is 0. The molecular formula is C13H21N. The van der Waals surface area contributed by atoms with Crippen LogP contribution in [0.2, 0.25) is 0 Å². The third kappa shape index (κ3) is 2.46. The molecule has 0 aromatic carbocycles. The zero-order chi connectivity index (χ0) is 9.80. The molecule has 1 heteroatoms. The molecule has 0 radical (unpaired) electrons. The largest absolute Gasteiger partial charge is 0.265 e. The fourth-order valence-electron chi connectivity index (χ4n) is 2.64. The van der Waals surface area contributed by atoms with Gasteiger partial charge in [0, 0.05) is 18.3 Å². The molecule has 0 amide bonds. The molecule has 0 unspecified atom stereocenters. The molecule has 2 aliphatic rings. The van der Waals surface area contributed by atoms with E-state index >= 15 is 0 Å². The highest BCUT2D eigenvalue weighted by molar-refractivity contribution is 5.88. The van der Waals surface area contributed by atoms with Gasteiger partial charge in [0.2, 0.25) is 0 Å². The van der Waals surface area contributed by atoms with Crippen molar-refractivity contribution in [3.05, 3.63) is 11.8 Å². The fourth-order valence-corrected chi connectivity index (χ4v) is 2.64. The van der Waals surface area contributed by atoms with Crippen LogP contribution in [-0.2, 0) is 0 Å². The second-order valence-electron chi connectivity index (χ2n) is 4.72. The summed E-state index contributed by atoms with van der Waals surface area (Å²) in [6, 6.07) is 0. The molecule has 1 aliphatic heterocycles. The molecule has 78 valence electrons. The second kappa shape index (κ2) is 4.77. The first kappa shape index (κ1) is 9.95. The van der Waals surface area contributed by atoms with Gasteiger partial charge in [-0.25, -0.2) is 0 Å². The molecule has 0 saturated heterocycles. The average Bonchev–Trinajstić information content (AvgIpc) is 2.67. The minimum atomic E-state index is 0.974. The Hall–Kier alpha value is -0.590. The van der Waals surface area contributed by atoms with Gasteiger partial charge >= 0.3 is 0 Å². The molecule has 0 bridgehead atoms. The zero-order valence-corrected chi connectivity index (χ0v) is 9.26. The number of hydrogen-bond donors (Lipinski definition) is 0. The summed E-state index contributed by atoms with van der Waals surface area (Å²) in [5, 5.41) is 0. The van der Waals surface area contributed by atoms with Crippen LogP contribution in [0, 0.1) is 5.92 Å². The Balaban J connectivity index is 1.76. The van der Waals surface area contributed by atoms with Crippen LogP contribution >= 0.6 is 0 Å². The third-order valence-electron chi connectivity index (χ3n) is 3.54. The summed E-state index contributed by atoms with van der Waals surface area (Å²) in [6.45, 7) is 2.20. The lowest BCUT2D eigenvalue weighted by Gasteiger charge is -2.21. The Morgan fingerprint density at radius 3 is 2.71 bits per heavy atom. The van der Waals surface area contributed by atoms with E-state index in [0.717, 1.165) is 12.3 Å². The molecule has 1 fully saturated rings. The lowest BCUT2D eigenvalue weighted by molar-refractivity contribution is 0.355. The Kier molecular flexibility index (Phi) is 3.39. The van der Waals surface area contributed by atoms with Gasteiger partial charge in [0.05, 0.1) is 0 Å². The monoisotopic (exact) mass is 191 g/mol. The summed E-state index contributed by atoms with van der Waals surface area (Å²) < 4.78 is 0. The maximum absolute atomic E-state index is 4.46. The van der Waals surface area contributed by atoms with E-state index < -0.39 is 0 Å². The normalized spacial score (nSPS) is 23.5. The van der Waals surface area contributed by atoms with Gasteiger partial charge in [-0.3, -0.25) is 4.99 Å². The lowest BCUT2D eigenvalue weighted by atomic mass is 9.84. The smallest absolute Gasteiger partial charge is 0.0263 e. The van der Waals surface area contributed by atoms with Crippen LogP contribution in [0.4, 0.5) is 0 Å². The first-order chi connectivity index (χ1) is 6.88. The van der Waals surface area contributed by atoms with E-state index in [-0.39, 0.29) is 0 Å². The fraction of sp³-hybridized carbons (Fsp3) is 0.769. The number of allylic oxidation sites excluding steroid dienone is 1. The second-order valence-corrected chi connectivity index (χ2v) is 4.72. The van der Waals surface area contributed by atoms with E-state index in [9.17, 15) is 0 Å². The van der Waals surface area contributed by atoms with E-state index in [0.29, 0.717) is 0 Å². The lowest BCUT2D eigenvalue weighted by Crippen LogP contribution is -2.07. The van der Waals surface area contributed by atoms with E-state index in [1.807, 2.05) is 0 Å². The molecule has 0 aromatic heterocycles. The van der Waals surface area contributed by atoms with E-state index in [1.165, 1.54) is 50.7 Å². The molecule has 0 aromatic rings. The average molecular weight is 191 g/mol. The van der Waals surface area contributed by atoms with Crippen LogP contribution in [0.3, 0.4) is 0 Å². The van der Waals surface area contributed by atoms with Crippen molar-refractivity contribution < 1.29 is 0 Å². The van der Waals surface area contributed by atoms with E-state index in [1.54, 1.807) is 5.57 Å². The first-order valence-corrected chi connectivity index (χ1v) is 6.12. The molecule has 0 N–H and O–H groups in total. The molecule has 1 saturated carbocycles. The molecule has 2 rings (SSSR count). The van der Waals surface area contributed by atoms with E-state index in [2.05, 4.69) is 18.1 Å². The summed E-state index contributed by atoms with van der Waals surface area (Å²) in [5.74, 6) is 0.974. The van der Waals surface area contributed by atoms with Gasteiger partial charge in [-0.15, -0.1) is 0 Å². The molecule has 0 atom stereocenters. The zero-order valence-electron chi connectivity index (χ0n) is 9.26. The highest BCUT2D eigenvalue weighted by Crippen LogP contribution is 2.31. The van der Waals surface area contributed by atoms with Gasteiger partial charge in [0.25, 0.3) is 0 Å². The highest BCUT2D eigenvalue weighted by Gasteiger charge is 2.17. The Bertz CT molecular complexity index is 244. The van der Waals surface area contributed by atoms with Gasteiger partial charge in [-0.1, -0.05) is 39.0 Å². The van der Waals surface area contributed by atoms with Gasteiger partial charge in [0.15, 0.2) is 0 Å². The van der Waals surface area contributed by atoms with Gasteiger partial charge < -0.3 is 0 Å². The Labute approximate surface area is 87.3 Å². The number of hydrogen-bond acceptors (Lipinski definition) is 1. The minimum absolute atomic E-state index is 0.974. The summed E-state index contributed by atoms with van der Waals surface area (Å²) in [5.41, 5.74) is 2.98. The van der Waals surface area contributed by atoms with Crippen molar-refractivity contribution in [2.75, 3.05) is 0 Å². The van der Waals surface area contributed by atoms with Crippen molar-refractivity contribution in [2.45, 2.75) is 58.3 Å². The van der Waals surface area contributed by atoms with Gasteiger partial charge in [0.1, 0.15) is 0 Å². The van der Waals surface area contributed by atoms with Gasteiger partial charge in [-0.2, -0.15) is 0 Å². The van der Waals surface area contributed by atoms with Crippen molar-refractivity contribution in [2.24, 2.45) is 10.9 Å². The number of aliphatic imine (C=N–C) groups is 1. The van der Waals surface area contributed by atoms with Crippen molar-refractivity contribution in [3.8, 4) is 0 Å². The van der Waals surface area contributed by atoms with Crippen molar-refractivity contribution in [3.63, 3.8) is 0 Å². The molecular weight excluding hydrogens is 170 g/mol. The predicted octanol–water partition coefficient (Wildman–Crippen LogP) is 4.10. The minimum Gasteiger partial charge on any atom is -0.265 e. The highest BCUT2D eigenvalue weighted by atomic mass is 14.7. The molecule has 0 spiro atoms. The third-order valence-corrected chi connectivity index (χ3v) is 3.54. The van der Waals surface area contributed by atoms with Crippen LogP contribution in [0.5, 0.6) is 0 Å². The standard InChI is InChI=1S/C13H21N/c1-2-13-9-12(10-14-13)8-11-6-4-3-5-7-11/h10-11H,2-9H2,1H3. The summed E-state index contributed by atoms with van der Waals surface area (Å²) >= 11 is 0. The molecule has 1 aliphatic carbocycles. The van der Waals surface area contributed by atoms with E-state index in [4.69, 9.17) is 0 Å². The maximum Gasteiger partial charge on any atom is 0.0263 e. The summed E-state index contributed by atoms with van der Waals surface area (Å²) in [6.07, 6.45) is 13.1. The maximum atomic E-state index is 4.46. The van der Waals surface area contributed by atoms with Crippen molar-refractivity contribution in [1.29, 1.82) is 0 Å². The first-order valence-electron chi connectivity index (χ1n) is 6.12. The quantitative estimate of drug-likeness (QED) is 0.637. The summed E-state index contributed by atoms with van der Waals surface area (Å²) in [4.78, 5) is 4.46. The van der Waals surface area contributed by atoms with Crippen LogP contribution in [0.25, 0.3) is 0 Å². The molecule has 14 heavy (non-hydrogen) atoms. The van der Waals surface area contributed by atoms with Crippen molar-refractivity contribution in [1.82, 2.24) is 0 Å². The number of nitrogens with zero attached hydrogens (tertiary/aromatic N) is 1. The Morgan fingerprint density at radius 2 is 2.07 bits per heavy atom. The predicted molar refractivity (Wildman–Crippen MR) is 61.6 cm³/mol. The van der Waals surface area contributed by atoms with Crippen LogP contribution in [-0.4, -0.2) is 5.71 Å². The number of rotatable bonds is 3. The van der Waals surface area contributed by atoms with Gasteiger partial charge in [-0.05, 0) is 24.3 Å².